The van der Waals surface area contributed by atoms with E-state index in [4.69, 9.17) is 4.43 Å². The fourth-order valence-electron chi connectivity index (χ4n) is 0.888. The van der Waals surface area contributed by atoms with Crippen LogP contribution in [-0.4, -0.2) is 8.32 Å². The van der Waals surface area contributed by atoms with Gasteiger partial charge < -0.3 is 4.43 Å². The fraction of sp³-hybridized carbons (Fsp3) is 0.500. The number of hydrogen-bond donors (Lipinski definition) is 0. The molecule has 1 nitrogen and oxygen atoms in total. The Morgan fingerprint density at radius 3 is 2.27 bits per heavy atom. The quantitative estimate of drug-likeness (QED) is 0.524. The molecule has 0 spiro atoms. The summed E-state index contributed by atoms with van der Waals surface area (Å²) in [4.78, 5) is 0. The van der Waals surface area contributed by atoms with E-state index in [2.05, 4.69) is 39.9 Å². The Balaban J connectivity index is 0.00000196. The molecular formula is C12H19LiOSi. The first-order valence-corrected chi connectivity index (χ1v) is 7.89. The van der Waals surface area contributed by atoms with Gasteiger partial charge in [0.05, 0.1) is 0 Å². The predicted octanol–water partition coefficient (Wildman–Crippen LogP) is 0.875. The summed E-state index contributed by atoms with van der Waals surface area (Å²) in [6.07, 6.45) is 0. The van der Waals surface area contributed by atoms with Gasteiger partial charge in [-0.2, -0.15) is 18.2 Å². The SMILES string of the molecule is CC(C)(C)[Si](C)(C)Oc1c[c-]ccc1.[Li+]. The second-order valence-corrected chi connectivity index (χ2v) is 9.83. The van der Waals surface area contributed by atoms with Crippen LogP contribution >= 0.6 is 0 Å². The van der Waals surface area contributed by atoms with Gasteiger partial charge in [0.2, 0.25) is 8.32 Å². The number of benzene rings is 1. The molecule has 3 heteroatoms. The Kier molecular flexibility index (Phi) is 5.19. The second kappa shape index (κ2) is 5.25. The van der Waals surface area contributed by atoms with Gasteiger partial charge in [-0.25, -0.2) is 0 Å². The smallest absolute Gasteiger partial charge is 0.602 e. The van der Waals surface area contributed by atoms with E-state index in [1.807, 2.05) is 24.3 Å². The van der Waals surface area contributed by atoms with Gasteiger partial charge in [-0.1, -0.05) is 20.8 Å². The fourth-order valence-corrected chi connectivity index (χ4v) is 1.91. The van der Waals surface area contributed by atoms with Gasteiger partial charge in [0.1, 0.15) is 0 Å². The van der Waals surface area contributed by atoms with Gasteiger partial charge in [0, 0.05) is 0 Å². The van der Waals surface area contributed by atoms with Gasteiger partial charge in [-0.15, -0.1) is 12.1 Å². The molecule has 0 radical (unpaired) electrons. The Morgan fingerprint density at radius 2 is 1.87 bits per heavy atom. The van der Waals surface area contributed by atoms with Gasteiger partial charge in [-0.3, -0.25) is 0 Å². The van der Waals surface area contributed by atoms with Crippen molar-refractivity contribution in [3.05, 3.63) is 30.3 Å². The van der Waals surface area contributed by atoms with Crippen LogP contribution < -0.4 is 23.3 Å². The molecule has 0 atom stereocenters. The zero-order valence-corrected chi connectivity index (χ0v) is 11.7. The second-order valence-electron chi connectivity index (χ2n) is 5.10. The van der Waals surface area contributed by atoms with Crippen LogP contribution in [0.3, 0.4) is 0 Å². The first kappa shape index (κ1) is 14.8. The third-order valence-electron chi connectivity index (χ3n) is 2.86. The third-order valence-corrected chi connectivity index (χ3v) is 7.22. The minimum absolute atomic E-state index is 0. The topological polar surface area (TPSA) is 9.23 Å². The van der Waals surface area contributed by atoms with Crippen LogP contribution in [0.1, 0.15) is 20.8 Å². The van der Waals surface area contributed by atoms with Gasteiger partial charge in [0.25, 0.3) is 0 Å². The Hall–Kier alpha value is -0.166. The van der Waals surface area contributed by atoms with Crippen molar-refractivity contribution in [1.82, 2.24) is 0 Å². The molecule has 0 unspecified atom stereocenters. The number of rotatable bonds is 2. The Bertz CT molecular complexity index is 290. The van der Waals surface area contributed by atoms with E-state index in [1.54, 1.807) is 0 Å². The molecular weight excluding hydrogens is 195 g/mol. The maximum absolute atomic E-state index is 6.07. The van der Waals surface area contributed by atoms with E-state index in [-0.39, 0.29) is 23.9 Å². The average Bonchev–Trinajstić information content (AvgIpc) is 2.03. The predicted molar refractivity (Wildman–Crippen MR) is 63.1 cm³/mol. The standard InChI is InChI=1S/C12H19OSi.Li/c1-12(2,3)14(4,5)13-11-9-7-6-8-10-11;/h6-7,9-10H,1-5H3;/q-1;+1. The van der Waals surface area contributed by atoms with Crippen LogP contribution in [0.2, 0.25) is 18.1 Å². The summed E-state index contributed by atoms with van der Waals surface area (Å²) in [5.41, 5.74) is 0. The molecule has 1 aromatic carbocycles. The zero-order chi connectivity index (χ0) is 10.8. The van der Waals surface area contributed by atoms with Gasteiger partial charge in [0.15, 0.2) is 0 Å². The number of hydrogen-bond acceptors (Lipinski definition) is 1. The largest absolute Gasteiger partial charge is 1.00 e. The van der Waals surface area contributed by atoms with Crippen LogP contribution in [0.5, 0.6) is 5.75 Å². The summed E-state index contributed by atoms with van der Waals surface area (Å²) in [5.74, 6) is 0.944. The molecule has 0 aromatic heterocycles. The monoisotopic (exact) mass is 214 g/mol. The molecule has 0 aliphatic carbocycles. The van der Waals surface area contributed by atoms with E-state index >= 15 is 0 Å². The summed E-state index contributed by atoms with van der Waals surface area (Å²) in [6, 6.07) is 10.8. The van der Waals surface area contributed by atoms with Crippen LogP contribution in [0, 0.1) is 6.07 Å². The van der Waals surface area contributed by atoms with E-state index < -0.39 is 8.32 Å². The van der Waals surface area contributed by atoms with Crippen LogP contribution in [-0.2, 0) is 0 Å². The maximum Gasteiger partial charge on any atom is 1.00 e. The first-order valence-electron chi connectivity index (χ1n) is 4.98. The summed E-state index contributed by atoms with van der Waals surface area (Å²) >= 11 is 0. The van der Waals surface area contributed by atoms with Crippen LogP contribution in [0.25, 0.3) is 0 Å². The molecule has 0 bridgehead atoms. The molecule has 0 fully saturated rings. The summed E-state index contributed by atoms with van der Waals surface area (Å²) in [6.45, 7) is 11.2. The average molecular weight is 214 g/mol. The molecule has 1 aromatic rings. The summed E-state index contributed by atoms with van der Waals surface area (Å²) < 4.78 is 6.07. The molecule has 0 amide bonds. The van der Waals surface area contributed by atoms with Gasteiger partial charge in [-0.05, 0) is 23.9 Å². The molecule has 0 saturated carbocycles. The minimum atomic E-state index is -1.67. The third kappa shape index (κ3) is 4.06. The van der Waals surface area contributed by atoms with Crippen molar-refractivity contribution in [3.8, 4) is 5.75 Å². The van der Waals surface area contributed by atoms with Crippen molar-refractivity contribution in [2.75, 3.05) is 0 Å². The van der Waals surface area contributed by atoms with Gasteiger partial charge >= 0.3 is 18.9 Å². The molecule has 1 rings (SSSR count). The maximum atomic E-state index is 6.07. The molecule has 0 N–H and O–H groups in total. The van der Waals surface area contributed by atoms with Crippen molar-refractivity contribution in [2.24, 2.45) is 0 Å². The molecule has 0 heterocycles. The summed E-state index contributed by atoms with van der Waals surface area (Å²) in [5, 5.41) is 0.253. The van der Waals surface area contributed by atoms with E-state index in [0.717, 1.165) is 5.75 Å². The van der Waals surface area contributed by atoms with Crippen molar-refractivity contribution in [2.45, 2.75) is 38.9 Å². The van der Waals surface area contributed by atoms with Crippen LogP contribution in [0.15, 0.2) is 24.3 Å². The Labute approximate surface area is 107 Å². The molecule has 78 valence electrons. The van der Waals surface area contributed by atoms with Crippen molar-refractivity contribution >= 4 is 8.32 Å². The van der Waals surface area contributed by atoms with E-state index in [0.29, 0.717) is 0 Å². The normalized spacial score (nSPS) is 11.8. The molecule has 0 aliphatic heterocycles. The van der Waals surface area contributed by atoms with Crippen LogP contribution in [0.4, 0.5) is 0 Å². The van der Waals surface area contributed by atoms with Crippen molar-refractivity contribution in [3.63, 3.8) is 0 Å². The minimum Gasteiger partial charge on any atom is -0.602 e. The van der Waals surface area contributed by atoms with Crippen molar-refractivity contribution < 1.29 is 23.3 Å². The van der Waals surface area contributed by atoms with E-state index in [1.165, 1.54) is 0 Å². The van der Waals surface area contributed by atoms with Crippen molar-refractivity contribution in [1.29, 1.82) is 0 Å². The summed E-state index contributed by atoms with van der Waals surface area (Å²) in [7, 11) is -1.67. The zero-order valence-electron chi connectivity index (χ0n) is 10.7. The Morgan fingerprint density at radius 1 is 1.27 bits per heavy atom. The first-order chi connectivity index (χ1) is 6.33. The van der Waals surface area contributed by atoms with E-state index in [9.17, 15) is 0 Å². The molecule has 15 heavy (non-hydrogen) atoms. The molecule has 0 aliphatic rings. The molecule has 0 saturated heterocycles.